The van der Waals surface area contributed by atoms with Crippen LogP contribution in [0, 0.1) is 0 Å². The Morgan fingerprint density at radius 2 is 2.04 bits per heavy atom. The molecule has 1 aromatic heterocycles. The molecule has 2 aliphatic heterocycles. The van der Waals surface area contributed by atoms with Crippen molar-refractivity contribution in [3.63, 3.8) is 0 Å². The Morgan fingerprint density at radius 1 is 1.24 bits per heavy atom. The molecule has 2 aromatic rings. The number of aromatic nitrogens is 1. The molecule has 0 bridgehead atoms. The molecule has 4 rings (SSSR count). The highest BCUT2D eigenvalue weighted by Gasteiger charge is 2.30. The van der Waals surface area contributed by atoms with Crippen LogP contribution >= 0.6 is 11.3 Å². The molecule has 1 amide bonds. The maximum absolute atomic E-state index is 12.8. The fourth-order valence-electron chi connectivity index (χ4n) is 3.60. The highest BCUT2D eigenvalue weighted by atomic mass is 32.1. The first kappa shape index (κ1) is 16.8. The Hall–Kier alpha value is -1.70. The zero-order chi connectivity index (χ0) is 17.2. The second-order valence-corrected chi connectivity index (χ2v) is 7.69. The fraction of sp³-hybridized carbons (Fsp3) is 0.556. The maximum atomic E-state index is 12.8. The summed E-state index contributed by atoms with van der Waals surface area (Å²) in [5.74, 6) is 0.252. The molecule has 0 radical (unpaired) electrons. The molecule has 25 heavy (non-hydrogen) atoms. The van der Waals surface area contributed by atoms with Crippen molar-refractivity contribution < 1.29 is 4.79 Å². The van der Waals surface area contributed by atoms with E-state index in [1.54, 1.807) is 11.3 Å². The zero-order valence-corrected chi connectivity index (χ0v) is 15.5. The average Bonchev–Trinajstić information content (AvgIpc) is 3.12. The van der Waals surface area contributed by atoms with E-state index >= 15 is 0 Å². The largest absolute Gasteiger partial charge is 0.345 e. The first-order valence-corrected chi connectivity index (χ1v) is 9.91. The number of anilines is 1. The first-order valence-electron chi connectivity index (χ1n) is 9.09. The van der Waals surface area contributed by atoms with E-state index in [1.807, 2.05) is 11.0 Å². The quantitative estimate of drug-likeness (QED) is 0.894. The summed E-state index contributed by atoms with van der Waals surface area (Å²) < 4.78 is 1.22. The summed E-state index contributed by atoms with van der Waals surface area (Å²) in [4.78, 5) is 24.2. The van der Waals surface area contributed by atoms with E-state index in [0.717, 1.165) is 63.0 Å². The highest BCUT2D eigenvalue weighted by molar-refractivity contribution is 7.22. The second kappa shape index (κ2) is 7.27. The summed E-state index contributed by atoms with van der Waals surface area (Å²) in [6.07, 6.45) is 0. The van der Waals surface area contributed by atoms with Gasteiger partial charge < -0.3 is 20.0 Å². The summed E-state index contributed by atoms with van der Waals surface area (Å²) >= 11 is 1.74. The molecule has 6 nitrogen and oxygen atoms in total. The van der Waals surface area contributed by atoms with Gasteiger partial charge >= 0.3 is 0 Å². The molecule has 7 heteroatoms. The number of nitrogens with zero attached hydrogens (tertiary/aromatic N) is 4. The Morgan fingerprint density at radius 3 is 2.80 bits per heavy atom. The number of likely N-dealkylation sites (N-methyl/N-ethyl adjacent to an activating group) is 1. The number of nitrogens with one attached hydrogen (secondary N) is 1. The lowest BCUT2D eigenvalue weighted by Crippen LogP contribution is -2.60. The van der Waals surface area contributed by atoms with Gasteiger partial charge in [-0.1, -0.05) is 30.4 Å². The second-order valence-electron chi connectivity index (χ2n) is 6.68. The van der Waals surface area contributed by atoms with E-state index in [-0.39, 0.29) is 11.9 Å². The summed E-state index contributed by atoms with van der Waals surface area (Å²) in [6.45, 7) is 9.19. The number of carbonyl (C=O) groups excluding carboxylic acids is 1. The molecular formula is C18H25N5OS. The Labute approximate surface area is 152 Å². The first-order chi connectivity index (χ1) is 12.2. The van der Waals surface area contributed by atoms with Gasteiger partial charge in [0.15, 0.2) is 5.13 Å². The van der Waals surface area contributed by atoms with Crippen molar-refractivity contribution in [1.29, 1.82) is 0 Å². The van der Waals surface area contributed by atoms with Crippen LogP contribution in [0.5, 0.6) is 0 Å². The molecule has 1 aromatic carbocycles. The number of amides is 1. The molecule has 0 spiro atoms. The van der Waals surface area contributed by atoms with Crippen molar-refractivity contribution in [2.45, 2.75) is 13.0 Å². The number of para-hydroxylation sites is 1. The van der Waals surface area contributed by atoms with Crippen LogP contribution in [0.15, 0.2) is 24.3 Å². The molecule has 2 aliphatic rings. The van der Waals surface area contributed by atoms with Crippen molar-refractivity contribution >= 4 is 32.6 Å². The van der Waals surface area contributed by atoms with Crippen LogP contribution in [-0.2, 0) is 4.79 Å². The normalized spacial score (nSPS) is 22.5. The van der Waals surface area contributed by atoms with Crippen LogP contribution in [0.2, 0.25) is 0 Å². The molecule has 0 unspecified atom stereocenters. The van der Waals surface area contributed by atoms with Gasteiger partial charge in [0.25, 0.3) is 0 Å². The van der Waals surface area contributed by atoms with Gasteiger partial charge in [0.2, 0.25) is 5.91 Å². The minimum absolute atomic E-state index is 0.0531. The van der Waals surface area contributed by atoms with E-state index in [1.165, 1.54) is 4.70 Å². The van der Waals surface area contributed by atoms with Crippen molar-refractivity contribution in [3.8, 4) is 0 Å². The minimum Gasteiger partial charge on any atom is -0.345 e. The van der Waals surface area contributed by atoms with Crippen LogP contribution in [0.4, 0.5) is 5.13 Å². The van der Waals surface area contributed by atoms with Crippen LogP contribution < -0.4 is 10.2 Å². The Bertz CT molecular complexity index is 707. The highest BCUT2D eigenvalue weighted by Crippen LogP contribution is 2.29. The lowest BCUT2D eigenvalue weighted by atomic mass is 10.1. The van der Waals surface area contributed by atoms with E-state index in [9.17, 15) is 4.79 Å². The number of benzene rings is 1. The van der Waals surface area contributed by atoms with Crippen LogP contribution in [0.1, 0.15) is 6.92 Å². The third kappa shape index (κ3) is 3.49. The standard InChI is InChI=1S/C18H25N5OS/c1-2-21-8-7-19-15(13-21)17(24)22-9-11-23(12-10-22)18-20-14-5-3-4-6-16(14)25-18/h3-6,15,19H,2,7-13H2,1H3/t15-/m1/s1. The third-order valence-electron chi connectivity index (χ3n) is 5.15. The van der Waals surface area contributed by atoms with E-state index in [2.05, 4.69) is 40.2 Å². The lowest BCUT2D eigenvalue weighted by molar-refractivity contribution is -0.134. The van der Waals surface area contributed by atoms with E-state index in [0.29, 0.717) is 0 Å². The smallest absolute Gasteiger partial charge is 0.241 e. The maximum Gasteiger partial charge on any atom is 0.241 e. The van der Waals surface area contributed by atoms with Gasteiger partial charge in [-0.2, -0.15) is 0 Å². The molecular weight excluding hydrogens is 334 g/mol. The number of thiazole rings is 1. The van der Waals surface area contributed by atoms with E-state index < -0.39 is 0 Å². The van der Waals surface area contributed by atoms with E-state index in [4.69, 9.17) is 4.98 Å². The number of carbonyl (C=O) groups is 1. The van der Waals surface area contributed by atoms with Crippen LogP contribution in [0.3, 0.4) is 0 Å². The molecule has 0 aliphatic carbocycles. The third-order valence-corrected chi connectivity index (χ3v) is 6.25. The SMILES string of the molecule is CCN1CCN[C@@H](C(=O)N2CCN(c3nc4ccccc4s3)CC2)C1. The van der Waals surface area contributed by atoms with Crippen LogP contribution in [0.25, 0.3) is 10.2 Å². The number of fused-ring (bicyclic) bond motifs is 1. The van der Waals surface area contributed by atoms with Crippen molar-refractivity contribution in [2.24, 2.45) is 0 Å². The fourth-order valence-corrected chi connectivity index (χ4v) is 4.61. The van der Waals surface area contributed by atoms with Gasteiger partial charge in [0.1, 0.15) is 0 Å². The number of hydrogen-bond donors (Lipinski definition) is 1. The Kier molecular flexibility index (Phi) is 4.87. The van der Waals surface area contributed by atoms with Gasteiger partial charge in [-0.05, 0) is 18.7 Å². The van der Waals surface area contributed by atoms with Crippen molar-refractivity contribution in [1.82, 2.24) is 20.1 Å². The lowest BCUT2D eigenvalue weighted by Gasteiger charge is -2.39. The Balaban J connectivity index is 1.37. The number of hydrogen-bond acceptors (Lipinski definition) is 6. The summed E-state index contributed by atoms with van der Waals surface area (Å²) in [5.41, 5.74) is 1.06. The van der Waals surface area contributed by atoms with Crippen molar-refractivity contribution in [3.05, 3.63) is 24.3 Å². The zero-order valence-electron chi connectivity index (χ0n) is 14.6. The summed E-state index contributed by atoms with van der Waals surface area (Å²) in [5, 5.41) is 4.45. The van der Waals surface area contributed by atoms with Crippen molar-refractivity contribution in [2.75, 3.05) is 57.3 Å². The molecule has 2 fully saturated rings. The topological polar surface area (TPSA) is 51.7 Å². The molecule has 3 heterocycles. The minimum atomic E-state index is -0.0531. The molecule has 0 saturated carbocycles. The molecule has 1 N–H and O–H groups in total. The van der Waals surface area contributed by atoms with Gasteiger partial charge in [-0.25, -0.2) is 4.98 Å². The molecule has 2 saturated heterocycles. The van der Waals surface area contributed by atoms with Crippen LogP contribution in [-0.4, -0.2) is 79.1 Å². The van der Waals surface area contributed by atoms with Gasteiger partial charge in [-0.3, -0.25) is 4.79 Å². The van der Waals surface area contributed by atoms with Gasteiger partial charge in [-0.15, -0.1) is 0 Å². The average molecular weight is 359 g/mol. The van der Waals surface area contributed by atoms with Gasteiger partial charge in [0, 0.05) is 45.8 Å². The van der Waals surface area contributed by atoms with Gasteiger partial charge in [0.05, 0.1) is 16.3 Å². The predicted octanol–water partition coefficient (Wildman–Crippen LogP) is 1.24. The predicted molar refractivity (Wildman–Crippen MR) is 102 cm³/mol. The number of piperazine rings is 2. The monoisotopic (exact) mass is 359 g/mol. The molecule has 134 valence electrons. The number of rotatable bonds is 3. The molecule has 1 atom stereocenters. The summed E-state index contributed by atoms with van der Waals surface area (Å²) in [7, 11) is 0. The summed E-state index contributed by atoms with van der Waals surface area (Å²) in [6, 6.07) is 8.20.